The van der Waals surface area contributed by atoms with Crippen LogP contribution in [0, 0.1) is 5.92 Å². The number of aliphatic carboxylic acids is 1. The van der Waals surface area contributed by atoms with E-state index >= 15 is 0 Å². The molecule has 0 aromatic rings. The first kappa shape index (κ1) is 14.0. The zero-order valence-corrected chi connectivity index (χ0v) is 10.5. The Morgan fingerprint density at radius 2 is 2.00 bits per heavy atom. The number of carboxylic acids is 1. The van der Waals surface area contributed by atoms with Crippen molar-refractivity contribution in [3.63, 3.8) is 0 Å². The van der Waals surface area contributed by atoms with Crippen LogP contribution in [0.1, 0.15) is 25.7 Å². The fraction of sp³-hybridized carbons (Fsp3) is 0.800. The van der Waals surface area contributed by atoms with Crippen LogP contribution in [-0.4, -0.2) is 43.5 Å². The second-order valence-corrected chi connectivity index (χ2v) is 6.69. The Morgan fingerprint density at radius 3 is 2.53 bits per heavy atom. The summed E-state index contributed by atoms with van der Waals surface area (Å²) in [6.07, 6.45) is 2.93. The number of hydrogen-bond acceptors (Lipinski definition) is 4. The summed E-state index contributed by atoms with van der Waals surface area (Å²) in [5.41, 5.74) is 0. The van der Waals surface area contributed by atoms with Crippen molar-refractivity contribution in [2.24, 2.45) is 5.92 Å². The molecule has 0 saturated heterocycles. The van der Waals surface area contributed by atoms with Crippen molar-refractivity contribution in [2.45, 2.75) is 31.7 Å². The largest absolute Gasteiger partial charge is 0.481 e. The van der Waals surface area contributed by atoms with Crippen molar-refractivity contribution < 1.29 is 23.1 Å². The van der Waals surface area contributed by atoms with Gasteiger partial charge in [0.05, 0.1) is 11.7 Å². The van der Waals surface area contributed by atoms with Gasteiger partial charge < -0.3 is 10.4 Å². The Kier molecular flexibility index (Phi) is 4.50. The van der Waals surface area contributed by atoms with E-state index in [1.807, 2.05) is 0 Å². The molecule has 1 rings (SSSR count). The van der Waals surface area contributed by atoms with E-state index in [1.165, 1.54) is 0 Å². The predicted octanol–water partition coefficient (Wildman–Crippen LogP) is -0.209. The molecule has 0 radical (unpaired) electrons. The Hall–Kier alpha value is -1.11. The molecule has 1 amide bonds. The molecule has 17 heavy (non-hydrogen) atoms. The molecule has 0 aromatic carbocycles. The van der Waals surface area contributed by atoms with Gasteiger partial charge in [0.25, 0.3) is 0 Å². The van der Waals surface area contributed by atoms with Crippen molar-refractivity contribution in [1.82, 2.24) is 5.32 Å². The number of rotatable bonds is 5. The van der Waals surface area contributed by atoms with Crippen molar-refractivity contribution in [3.05, 3.63) is 0 Å². The molecular weight excluding hydrogens is 246 g/mol. The molecule has 0 spiro atoms. The Bertz CT molecular complexity index is 403. The van der Waals surface area contributed by atoms with Crippen LogP contribution in [0.2, 0.25) is 0 Å². The van der Waals surface area contributed by atoms with E-state index in [0.717, 1.165) is 12.7 Å². The van der Waals surface area contributed by atoms with Gasteiger partial charge in [0.15, 0.2) is 0 Å². The summed E-state index contributed by atoms with van der Waals surface area (Å²) in [6, 6.07) is -0.362. The van der Waals surface area contributed by atoms with E-state index in [4.69, 9.17) is 5.11 Å². The molecule has 1 fully saturated rings. The Balaban J connectivity index is 2.43. The number of sulfone groups is 1. The van der Waals surface area contributed by atoms with Gasteiger partial charge in [-0.2, -0.15) is 0 Å². The number of carbonyl (C=O) groups is 2. The summed E-state index contributed by atoms with van der Waals surface area (Å²) in [5.74, 6) is -2.05. The number of nitrogens with one attached hydrogen (secondary N) is 1. The number of carbonyl (C=O) groups excluding carboxylic acids is 1. The number of hydrogen-bond donors (Lipinski definition) is 2. The molecule has 6 nitrogen and oxygen atoms in total. The quantitative estimate of drug-likeness (QED) is 0.715. The maximum Gasteiger partial charge on any atom is 0.308 e. The predicted molar refractivity (Wildman–Crippen MR) is 61.2 cm³/mol. The van der Waals surface area contributed by atoms with Crippen molar-refractivity contribution in [2.75, 3.05) is 12.0 Å². The normalized spacial score (nSPS) is 24.5. The average molecular weight is 263 g/mol. The van der Waals surface area contributed by atoms with E-state index < -0.39 is 27.6 Å². The SMILES string of the molecule is CS(=O)(=O)CCC(=O)NC1CCCC1C(=O)O. The van der Waals surface area contributed by atoms with Crippen LogP contribution in [-0.2, 0) is 19.4 Å². The highest BCUT2D eigenvalue weighted by Gasteiger charge is 2.33. The zero-order valence-electron chi connectivity index (χ0n) is 9.68. The number of amides is 1. The summed E-state index contributed by atoms with van der Waals surface area (Å²) >= 11 is 0. The van der Waals surface area contributed by atoms with E-state index in [1.54, 1.807) is 0 Å². The van der Waals surface area contributed by atoms with Gasteiger partial charge in [0.2, 0.25) is 5.91 Å². The first-order valence-corrected chi connectivity index (χ1v) is 7.55. The molecule has 0 aromatic heterocycles. The second-order valence-electron chi connectivity index (χ2n) is 4.43. The van der Waals surface area contributed by atoms with Gasteiger partial charge in [0.1, 0.15) is 9.84 Å². The lowest BCUT2D eigenvalue weighted by atomic mass is 10.0. The Morgan fingerprint density at radius 1 is 1.35 bits per heavy atom. The minimum absolute atomic E-state index is 0.109. The molecule has 0 aliphatic heterocycles. The molecule has 1 aliphatic carbocycles. The lowest BCUT2D eigenvalue weighted by Crippen LogP contribution is -2.40. The lowest BCUT2D eigenvalue weighted by molar-refractivity contribution is -0.142. The van der Waals surface area contributed by atoms with Gasteiger partial charge in [-0.05, 0) is 12.8 Å². The summed E-state index contributed by atoms with van der Waals surface area (Å²) in [5, 5.41) is 11.5. The van der Waals surface area contributed by atoms with Crippen LogP contribution in [0.15, 0.2) is 0 Å². The van der Waals surface area contributed by atoms with Crippen LogP contribution in [0.3, 0.4) is 0 Å². The third-order valence-electron chi connectivity index (χ3n) is 2.88. The average Bonchev–Trinajstić information content (AvgIpc) is 2.62. The fourth-order valence-electron chi connectivity index (χ4n) is 1.99. The monoisotopic (exact) mass is 263 g/mol. The molecule has 0 heterocycles. The van der Waals surface area contributed by atoms with Gasteiger partial charge in [-0.3, -0.25) is 9.59 Å². The van der Waals surface area contributed by atoms with Crippen LogP contribution in [0.5, 0.6) is 0 Å². The van der Waals surface area contributed by atoms with Gasteiger partial charge in [-0.25, -0.2) is 8.42 Å². The van der Waals surface area contributed by atoms with Gasteiger partial charge in [-0.15, -0.1) is 0 Å². The lowest BCUT2D eigenvalue weighted by Gasteiger charge is -2.17. The first-order chi connectivity index (χ1) is 7.79. The summed E-state index contributed by atoms with van der Waals surface area (Å²) < 4.78 is 21.7. The molecular formula is C10H17NO5S. The molecule has 2 unspecified atom stereocenters. The van der Waals surface area contributed by atoms with Crippen LogP contribution in [0.25, 0.3) is 0 Å². The van der Waals surface area contributed by atoms with E-state index in [9.17, 15) is 18.0 Å². The second kappa shape index (κ2) is 5.48. The molecule has 1 aliphatic rings. The maximum absolute atomic E-state index is 11.4. The maximum atomic E-state index is 11.4. The van der Waals surface area contributed by atoms with Crippen LogP contribution >= 0.6 is 0 Å². The van der Waals surface area contributed by atoms with Crippen LogP contribution in [0.4, 0.5) is 0 Å². The van der Waals surface area contributed by atoms with Crippen molar-refractivity contribution >= 4 is 21.7 Å². The first-order valence-electron chi connectivity index (χ1n) is 5.49. The standard InChI is InChI=1S/C10H17NO5S/c1-17(15,16)6-5-9(12)11-8-4-2-3-7(8)10(13)14/h7-8H,2-6H2,1H3,(H,11,12)(H,13,14). The van der Waals surface area contributed by atoms with Crippen molar-refractivity contribution in [1.29, 1.82) is 0 Å². The Labute approximate surface area is 100 Å². The van der Waals surface area contributed by atoms with Crippen molar-refractivity contribution in [3.8, 4) is 0 Å². The third kappa shape index (κ3) is 4.72. The topological polar surface area (TPSA) is 101 Å². The van der Waals surface area contributed by atoms with Gasteiger partial charge >= 0.3 is 5.97 Å². The van der Waals surface area contributed by atoms with Crippen LogP contribution < -0.4 is 5.32 Å². The fourth-order valence-corrected chi connectivity index (χ4v) is 2.54. The minimum atomic E-state index is -3.16. The highest BCUT2D eigenvalue weighted by Crippen LogP contribution is 2.25. The summed E-state index contributed by atoms with van der Waals surface area (Å²) in [4.78, 5) is 22.3. The number of carboxylic acid groups (broad SMARTS) is 1. The molecule has 1 saturated carbocycles. The molecule has 98 valence electrons. The summed E-state index contributed by atoms with van der Waals surface area (Å²) in [7, 11) is -3.16. The highest BCUT2D eigenvalue weighted by atomic mass is 32.2. The molecule has 0 bridgehead atoms. The highest BCUT2D eigenvalue weighted by molar-refractivity contribution is 7.90. The van der Waals surface area contributed by atoms with Gasteiger partial charge in [-0.1, -0.05) is 6.42 Å². The van der Waals surface area contributed by atoms with E-state index in [0.29, 0.717) is 12.8 Å². The zero-order chi connectivity index (χ0) is 13.1. The van der Waals surface area contributed by atoms with E-state index in [-0.39, 0.29) is 18.2 Å². The van der Waals surface area contributed by atoms with Gasteiger partial charge in [0, 0.05) is 18.7 Å². The minimum Gasteiger partial charge on any atom is -0.481 e. The summed E-state index contributed by atoms with van der Waals surface area (Å²) in [6.45, 7) is 0. The third-order valence-corrected chi connectivity index (χ3v) is 3.83. The smallest absolute Gasteiger partial charge is 0.308 e. The molecule has 2 atom stereocenters. The van der Waals surface area contributed by atoms with E-state index in [2.05, 4.69) is 5.32 Å². The molecule has 7 heteroatoms. The molecule has 2 N–H and O–H groups in total.